The largest absolute Gasteiger partial charge is 0.466 e. The maximum atomic E-state index is 14.6. The zero-order chi connectivity index (χ0) is 24.6. The summed E-state index contributed by atoms with van der Waals surface area (Å²) in [6, 6.07) is 0. The van der Waals surface area contributed by atoms with Gasteiger partial charge in [0.2, 0.25) is 0 Å². The lowest BCUT2D eigenvalue weighted by Crippen LogP contribution is -2.62. The molecule has 0 aromatic carbocycles. The van der Waals surface area contributed by atoms with Gasteiger partial charge in [-0.05, 0) is 20.8 Å². The minimum Gasteiger partial charge on any atom is -0.466 e. The first-order chi connectivity index (χ1) is 13.9. The summed E-state index contributed by atoms with van der Waals surface area (Å²) >= 11 is 0. The SMILES string of the molecule is CCOC(=O)[C@H]1[C@@H](C(F)(F)C(F)(F)C(F)(F)C(F)(F)F)C1(C(=O)OCC)C(=O)OCC. The van der Waals surface area contributed by atoms with Crippen molar-refractivity contribution in [3.05, 3.63) is 0 Å². The molecule has 0 heterocycles. The molecule has 0 aromatic heterocycles. The molecule has 0 aliphatic heterocycles. The van der Waals surface area contributed by atoms with E-state index in [0.29, 0.717) is 0 Å². The van der Waals surface area contributed by atoms with E-state index in [4.69, 9.17) is 0 Å². The zero-order valence-corrected chi connectivity index (χ0v) is 16.1. The lowest BCUT2D eigenvalue weighted by molar-refractivity contribution is -0.400. The molecule has 0 bridgehead atoms. The predicted octanol–water partition coefficient (Wildman–Crippen LogP) is 3.38. The number of alkyl halides is 9. The maximum absolute atomic E-state index is 14.6. The summed E-state index contributed by atoms with van der Waals surface area (Å²) in [5, 5.41) is 0. The van der Waals surface area contributed by atoms with Crippen molar-refractivity contribution < 1.29 is 68.1 Å². The highest BCUT2D eigenvalue weighted by atomic mass is 19.4. The number of hydrogen-bond acceptors (Lipinski definition) is 6. The fourth-order valence-corrected chi connectivity index (χ4v) is 3.11. The first-order valence-electron chi connectivity index (χ1n) is 8.65. The molecular weight excluding hydrogens is 459 g/mol. The normalized spacial score (nSPS) is 21.3. The van der Waals surface area contributed by atoms with Gasteiger partial charge in [0.25, 0.3) is 0 Å². The van der Waals surface area contributed by atoms with Crippen LogP contribution in [0.15, 0.2) is 0 Å². The summed E-state index contributed by atoms with van der Waals surface area (Å²) < 4.78 is 134. The van der Waals surface area contributed by atoms with Gasteiger partial charge in [-0.1, -0.05) is 0 Å². The van der Waals surface area contributed by atoms with E-state index in [9.17, 15) is 53.9 Å². The fraction of sp³-hybridized carbons (Fsp3) is 0.812. The highest BCUT2D eigenvalue weighted by Gasteiger charge is 2.94. The number of carbonyl (C=O) groups excluding carboxylic acids is 3. The molecule has 0 spiro atoms. The summed E-state index contributed by atoms with van der Waals surface area (Å²) in [4.78, 5) is 36.6. The molecule has 6 nitrogen and oxygen atoms in total. The molecule has 1 aliphatic carbocycles. The van der Waals surface area contributed by atoms with Gasteiger partial charge in [-0.25, -0.2) is 0 Å². The molecule has 180 valence electrons. The Morgan fingerprint density at radius 1 is 0.710 bits per heavy atom. The number of rotatable bonds is 9. The van der Waals surface area contributed by atoms with Gasteiger partial charge >= 0.3 is 41.9 Å². The van der Waals surface area contributed by atoms with Crippen molar-refractivity contribution in [1.29, 1.82) is 0 Å². The molecule has 0 radical (unpaired) electrons. The Morgan fingerprint density at radius 3 is 1.42 bits per heavy atom. The van der Waals surface area contributed by atoms with Crippen LogP contribution in [0.5, 0.6) is 0 Å². The van der Waals surface area contributed by atoms with Crippen LogP contribution in [-0.4, -0.2) is 61.7 Å². The molecule has 2 atom stereocenters. The van der Waals surface area contributed by atoms with Crippen molar-refractivity contribution in [3.8, 4) is 0 Å². The van der Waals surface area contributed by atoms with Crippen LogP contribution in [0.25, 0.3) is 0 Å². The maximum Gasteiger partial charge on any atom is 0.460 e. The van der Waals surface area contributed by atoms with Crippen molar-refractivity contribution in [1.82, 2.24) is 0 Å². The number of carbonyl (C=O) groups is 3. The zero-order valence-electron chi connectivity index (χ0n) is 16.1. The van der Waals surface area contributed by atoms with E-state index < -0.39 is 78.9 Å². The Hall–Kier alpha value is -2.22. The Balaban J connectivity index is 3.74. The topological polar surface area (TPSA) is 78.9 Å². The van der Waals surface area contributed by atoms with Gasteiger partial charge < -0.3 is 14.2 Å². The fourth-order valence-electron chi connectivity index (χ4n) is 3.11. The lowest BCUT2D eigenvalue weighted by Gasteiger charge is -2.34. The summed E-state index contributed by atoms with van der Waals surface area (Å²) in [5.41, 5.74) is -3.62. The molecule has 0 amide bonds. The van der Waals surface area contributed by atoms with E-state index >= 15 is 0 Å². The van der Waals surface area contributed by atoms with E-state index in [1.54, 1.807) is 0 Å². The van der Waals surface area contributed by atoms with Crippen molar-refractivity contribution >= 4 is 17.9 Å². The molecule has 0 saturated heterocycles. The second-order valence-corrected chi connectivity index (χ2v) is 6.29. The Morgan fingerprint density at radius 2 is 1.10 bits per heavy atom. The average Bonchev–Trinajstić information content (AvgIpc) is 3.33. The molecule has 1 fully saturated rings. The predicted molar refractivity (Wildman–Crippen MR) is 80.2 cm³/mol. The summed E-state index contributed by atoms with van der Waals surface area (Å²) in [6.45, 7) is 1.38. The summed E-state index contributed by atoms with van der Waals surface area (Å²) in [7, 11) is 0. The summed E-state index contributed by atoms with van der Waals surface area (Å²) in [5.74, 6) is -33.4. The smallest absolute Gasteiger partial charge is 0.460 e. The van der Waals surface area contributed by atoms with Crippen LogP contribution in [0.1, 0.15) is 20.8 Å². The van der Waals surface area contributed by atoms with Gasteiger partial charge in [0, 0.05) is 0 Å². The van der Waals surface area contributed by atoms with Crippen LogP contribution in [0.3, 0.4) is 0 Å². The van der Waals surface area contributed by atoms with Gasteiger partial charge in [0.1, 0.15) is 0 Å². The van der Waals surface area contributed by atoms with Crippen LogP contribution in [-0.2, 0) is 28.6 Å². The first kappa shape index (κ1) is 26.8. The quantitative estimate of drug-likeness (QED) is 0.220. The van der Waals surface area contributed by atoms with Gasteiger partial charge in [-0.2, -0.15) is 39.5 Å². The average molecular weight is 476 g/mol. The van der Waals surface area contributed by atoms with Crippen LogP contribution < -0.4 is 0 Å². The third-order valence-corrected chi connectivity index (χ3v) is 4.53. The second-order valence-electron chi connectivity index (χ2n) is 6.29. The highest BCUT2D eigenvalue weighted by Crippen LogP contribution is 2.71. The Labute approximate surface area is 169 Å². The van der Waals surface area contributed by atoms with E-state index in [0.717, 1.165) is 20.8 Å². The van der Waals surface area contributed by atoms with Crippen LogP contribution >= 0.6 is 0 Å². The van der Waals surface area contributed by atoms with Gasteiger partial charge in [0.05, 0.1) is 31.7 Å². The third-order valence-electron chi connectivity index (χ3n) is 4.53. The van der Waals surface area contributed by atoms with E-state index in [1.807, 2.05) is 0 Å². The van der Waals surface area contributed by atoms with Gasteiger partial charge in [0.15, 0.2) is 5.41 Å². The molecule has 0 N–H and O–H groups in total. The molecule has 31 heavy (non-hydrogen) atoms. The monoisotopic (exact) mass is 476 g/mol. The van der Waals surface area contributed by atoms with E-state index in [-0.39, 0.29) is 0 Å². The standard InChI is InChI=1S/C16H17F9O6/c1-4-29-9(26)7-8(12(7,10(27)30-5-2)11(28)31-6-3)13(17,18)14(19,20)15(21,22)16(23,24)25/h7-8H,4-6H2,1-3H3/t7-,8-/m1/s1. The number of ether oxygens (including phenoxy) is 3. The van der Waals surface area contributed by atoms with Crippen LogP contribution in [0.4, 0.5) is 39.5 Å². The van der Waals surface area contributed by atoms with E-state index in [2.05, 4.69) is 14.2 Å². The third kappa shape index (κ3) is 3.79. The Kier molecular flexibility index (Phi) is 7.24. The molecule has 15 heteroatoms. The second kappa shape index (κ2) is 8.37. The number of hydrogen-bond donors (Lipinski definition) is 0. The van der Waals surface area contributed by atoms with Crippen molar-refractivity contribution in [2.75, 3.05) is 19.8 Å². The minimum absolute atomic E-state index is 0.593. The highest BCUT2D eigenvalue weighted by molar-refractivity contribution is 6.10. The molecule has 1 aliphatic rings. The number of halogens is 9. The van der Waals surface area contributed by atoms with Crippen molar-refractivity contribution in [2.45, 2.75) is 44.7 Å². The van der Waals surface area contributed by atoms with Crippen LogP contribution in [0.2, 0.25) is 0 Å². The molecule has 1 saturated carbocycles. The Bertz CT molecular complexity index is 701. The van der Waals surface area contributed by atoms with Crippen molar-refractivity contribution in [2.24, 2.45) is 17.3 Å². The number of esters is 3. The first-order valence-corrected chi connectivity index (χ1v) is 8.65. The van der Waals surface area contributed by atoms with Crippen LogP contribution in [0, 0.1) is 17.3 Å². The van der Waals surface area contributed by atoms with Gasteiger partial charge in [-0.3, -0.25) is 14.4 Å². The van der Waals surface area contributed by atoms with Gasteiger partial charge in [-0.15, -0.1) is 0 Å². The van der Waals surface area contributed by atoms with Crippen molar-refractivity contribution in [3.63, 3.8) is 0 Å². The molecule has 1 rings (SSSR count). The molecule has 0 unspecified atom stereocenters. The summed E-state index contributed by atoms with van der Waals surface area (Å²) in [6.07, 6.45) is -7.13. The molecular formula is C16H17F9O6. The van der Waals surface area contributed by atoms with E-state index in [1.165, 1.54) is 0 Å². The minimum atomic E-state index is -7.29. The molecule has 0 aromatic rings. The lowest BCUT2D eigenvalue weighted by atomic mass is 9.93.